The van der Waals surface area contributed by atoms with Gasteiger partial charge in [-0.05, 0) is 19.1 Å². The molecule has 2 N–H and O–H groups in total. The summed E-state index contributed by atoms with van der Waals surface area (Å²) in [6.07, 6.45) is 0. The van der Waals surface area contributed by atoms with Crippen LogP contribution in [0.4, 0.5) is 5.82 Å². The number of anilines is 1. The van der Waals surface area contributed by atoms with Crippen molar-refractivity contribution in [2.45, 2.75) is 6.92 Å². The highest BCUT2D eigenvalue weighted by atomic mass is 32.1. The molecule has 0 bridgehead atoms. The Labute approximate surface area is 79.5 Å². The van der Waals surface area contributed by atoms with Gasteiger partial charge in [-0.3, -0.25) is 0 Å². The average Bonchev–Trinajstić information content (AvgIpc) is 2.53. The van der Waals surface area contributed by atoms with Crippen molar-refractivity contribution < 1.29 is 0 Å². The van der Waals surface area contributed by atoms with Crippen LogP contribution in [0.15, 0.2) is 17.5 Å². The van der Waals surface area contributed by atoms with Crippen LogP contribution in [0.25, 0.3) is 10.7 Å². The molecule has 0 aliphatic carbocycles. The second-order valence-electron chi connectivity index (χ2n) is 2.64. The molecule has 0 radical (unpaired) electrons. The lowest BCUT2D eigenvalue weighted by atomic mass is 10.4. The number of nitrogens with two attached hydrogens (primary N) is 1. The predicted molar refractivity (Wildman–Crippen MR) is 52.3 cm³/mol. The van der Waals surface area contributed by atoms with Gasteiger partial charge in [0.1, 0.15) is 16.5 Å². The Morgan fingerprint density at radius 1 is 1.31 bits per heavy atom. The molecule has 0 saturated heterocycles. The minimum atomic E-state index is 0.428. The quantitative estimate of drug-likeness (QED) is 0.743. The molecule has 0 unspecified atom stereocenters. The van der Waals surface area contributed by atoms with E-state index in [1.165, 1.54) is 0 Å². The van der Waals surface area contributed by atoms with Crippen molar-refractivity contribution in [3.8, 4) is 10.7 Å². The zero-order chi connectivity index (χ0) is 9.26. The van der Waals surface area contributed by atoms with Crippen LogP contribution in [0.2, 0.25) is 0 Å². The maximum atomic E-state index is 5.42. The zero-order valence-electron chi connectivity index (χ0n) is 7.06. The van der Waals surface area contributed by atoms with Crippen molar-refractivity contribution in [1.82, 2.24) is 15.2 Å². The fourth-order valence-corrected chi connectivity index (χ4v) is 1.69. The van der Waals surface area contributed by atoms with Gasteiger partial charge in [-0.15, -0.1) is 21.5 Å². The molecule has 0 aliphatic rings. The largest absolute Gasteiger partial charge is 0.382 e. The summed E-state index contributed by atoms with van der Waals surface area (Å²) >= 11 is 1.55. The van der Waals surface area contributed by atoms with Crippen molar-refractivity contribution >= 4 is 17.2 Å². The van der Waals surface area contributed by atoms with E-state index in [0.29, 0.717) is 5.82 Å². The summed E-state index contributed by atoms with van der Waals surface area (Å²) in [5.74, 6) is 0.428. The lowest BCUT2D eigenvalue weighted by Crippen LogP contribution is -1.93. The lowest BCUT2D eigenvalue weighted by molar-refractivity contribution is 1.04. The van der Waals surface area contributed by atoms with E-state index in [9.17, 15) is 0 Å². The summed E-state index contributed by atoms with van der Waals surface area (Å²) in [6, 6.07) is 3.54. The van der Waals surface area contributed by atoms with Gasteiger partial charge in [0.25, 0.3) is 0 Å². The first-order valence-electron chi connectivity index (χ1n) is 3.77. The van der Waals surface area contributed by atoms with Gasteiger partial charge in [0.05, 0.1) is 0 Å². The van der Waals surface area contributed by atoms with Crippen LogP contribution in [0.5, 0.6) is 0 Å². The van der Waals surface area contributed by atoms with Gasteiger partial charge in [-0.2, -0.15) is 0 Å². The van der Waals surface area contributed by atoms with Crippen LogP contribution in [-0.4, -0.2) is 15.2 Å². The van der Waals surface area contributed by atoms with E-state index in [1.807, 2.05) is 18.4 Å². The Morgan fingerprint density at radius 2 is 2.15 bits per heavy atom. The van der Waals surface area contributed by atoms with Crippen molar-refractivity contribution in [3.63, 3.8) is 0 Å². The summed E-state index contributed by atoms with van der Waals surface area (Å²) in [5.41, 5.74) is 7.19. The van der Waals surface area contributed by atoms with Gasteiger partial charge in [-0.25, -0.2) is 4.98 Å². The number of hydrogen-bond donors (Lipinski definition) is 1. The monoisotopic (exact) mass is 192 g/mol. The molecule has 2 aromatic rings. The van der Waals surface area contributed by atoms with Gasteiger partial charge >= 0.3 is 0 Å². The smallest absolute Gasteiger partial charge is 0.146 e. The number of aromatic nitrogens is 3. The number of hydrogen-bond acceptors (Lipinski definition) is 5. The number of thiazole rings is 1. The Hall–Kier alpha value is -1.49. The minimum Gasteiger partial charge on any atom is -0.382 e. The molecule has 0 spiro atoms. The van der Waals surface area contributed by atoms with Gasteiger partial charge in [-0.1, -0.05) is 0 Å². The molecular formula is C8H8N4S. The molecular weight excluding hydrogens is 184 g/mol. The van der Waals surface area contributed by atoms with Crippen molar-refractivity contribution in [2.24, 2.45) is 0 Å². The van der Waals surface area contributed by atoms with Crippen LogP contribution >= 0.6 is 11.3 Å². The third-order valence-electron chi connectivity index (χ3n) is 1.52. The summed E-state index contributed by atoms with van der Waals surface area (Å²) in [6.45, 7) is 1.95. The lowest BCUT2D eigenvalue weighted by Gasteiger charge is -1.93. The number of nitrogens with zero attached hydrogens (tertiary/aromatic N) is 3. The molecule has 2 aromatic heterocycles. The number of rotatable bonds is 1. The summed E-state index contributed by atoms with van der Waals surface area (Å²) in [7, 11) is 0. The molecule has 0 amide bonds. The predicted octanol–water partition coefficient (Wildman–Crippen LogP) is 1.49. The van der Waals surface area contributed by atoms with Gasteiger partial charge in [0, 0.05) is 11.1 Å². The van der Waals surface area contributed by atoms with E-state index in [2.05, 4.69) is 15.2 Å². The maximum absolute atomic E-state index is 5.42. The van der Waals surface area contributed by atoms with Crippen LogP contribution < -0.4 is 5.73 Å². The standard InChI is InChI=1S/C8H8N4S/c1-5-4-13-8(10-5)6-2-3-7(9)12-11-6/h2-4H,1H3,(H2,9,12). The van der Waals surface area contributed by atoms with Crippen molar-refractivity contribution in [3.05, 3.63) is 23.2 Å². The molecule has 0 atom stereocenters. The fraction of sp³-hybridized carbons (Fsp3) is 0.125. The molecule has 0 saturated carbocycles. The Kier molecular flexibility index (Phi) is 1.94. The second-order valence-corrected chi connectivity index (χ2v) is 3.50. The molecule has 5 heteroatoms. The number of aryl methyl sites for hydroxylation is 1. The summed E-state index contributed by atoms with van der Waals surface area (Å²) in [5, 5.41) is 10.6. The first-order chi connectivity index (χ1) is 6.25. The molecule has 0 fully saturated rings. The Morgan fingerprint density at radius 3 is 2.69 bits per heavy atom. The first kappa shape index (κ1) is 8.12. The third kappa shape index (κ3) is 1.65. The Bertz CT molecular complexity index is 406. The second kappa shape index (κ2) is 3.10. The van der Waals surface area contributed by atoms with E-state index >= 15 is 0 Å². The van der Waals surface area contributed by atoms with E-state index < -0.39 is 0 Å². The number of nitrogen functional groups attached to an aromatic ring is 1. The van der Waals surface area contributed by atoms with Crippen LogP contribution in [0, 0.1) is 6.92 Å². The third-order valence-corrected chi connectivity index (χ3v) is 2.51. The SMILES string of the molecule is Cc1csc(-c2ccc(N)nn2)n1. The van der Waals surface area contributed by atoms with Crippen LogP contribution in [0.1, 0.15) is 5.69 Å². The highest BCUT2D eigenvalue weighted by Crippen LogP contribution is 2.20. The van der Waals surface area contributed by atoms with Crippen LogP contribution in [0.3, 0.4) is 0 Å². The average molecular weight is 192 g/mol. The highest BCUT2D eigenvalue weighted by molar-refractivity contribution is 7.13. The van der Waals surface area contributed by atoms with Crippen LogP contribution in [-0.2, 0) is 0 Å². The first-order valence-corrected chi connectivity index (χ1v) is 4.65. The van der Waals surface area contributed by atoms with Crippen molar-refractivity contribution in [1.29, 1.82) is 0 Å². The van der Waals surface area contributed by atoms with Gasteiger partial charge in [0.15, 0.2) is 0 Å². The van der Waals surface area contributed by atoms with Gasteiger partial charge < -0.3 is 5.73 Å². The van der Waals surface area contributed by atoms with E-state index in [4.69, 9.17) is 5.73 Å². The summed E-state index contributed by atoms with van der Waals surface area (Å²) in [4.78, 5) is 4.29. The molecule has 0 aliphatic heterocycles. The van der Waals surface area contributed by atoms with E-state index in [1.54, 1.807) is 17.4 Å². The minimum absolute atomic E-state index is 0.428. The van der Waals surface area contributed by atoms with E-state index in [-0.39, 0.29) is 0 Å². The zero-order valence-corrected chi connectivity index (χ0v) is 7.88. The highest BCUT2D eigenvalue weighted by Gasteiger charge is 2.03. The Balaban J connectivity index is 2.41. The van der Waals surface area contributed by atoms with E-state index in [0.717, 1.165) is 16.4 Å². The maximum Gasteiger partial charge on any atom is 0.146 e. The molecule has 2 heterocycles. The fourth-order valence-electron chi connectivity index (χ4n) is 0.928. The molecule has 13 heavy (non-hydrogen) atoms. The molecule has 0 aromatic carbocycles. The molecule has 2 rings (SSSR count). The topological polar surface area (TPSA) is 64.7 Å². The molecule has 66 valence electrons. The molecule has 4 nitrogen and oxygen atoms in total. The normalized spacial score (nSPS) is 10.2. The summed E-state index contributed by atoms with van der Waals surface area (Å²) < 4.78 is 0. The van der Waals surface area contributed by atoms with Crippen molar-refractivity contribution in [2.75, 3.05) is 5.73 Å². The van der Waals surface area contributed by atoms with Gasteiger partial charge in [0.2, 0.25) is 0 Å².